The first kappa shape index (κ1) is 30.5. The summed E-state index contributed by atoms with van der Waals surface area (Å²) in [7, 11) is -5.40. The van der Waals surface area contributed by atoms with Crippen molar-refractivity contribution >= 4 is 19.6 Å². The van der Waals surface area contributed by atoms with Crippen LogP contribution in [0.1, 0.15) is 19.6 Å². The third kappa shape index (κ3) is 6.22. The van der Waals surface area contributed by atoms with E-state index in [0.29, 0.717) is 0 Å². The van der Waals surface area contributed by atoms with E-state index in [1.807, 2.05) is 0 Å². The minimum atomic E-state index is -5.40. The fraction of sp³-hybridized carbons (Fsp3) is 0.737. The van der Waals surface area contributed by atoms with Gasteiger partial charge in [0, 0.05) is 18.5 Å². The molecule has 1 aromatic rings. The zero-order valence-electron chi connectivity index (χ0n) is 19.8. The lowest BCUT2D eigenvalue weighted by atomic mass is 9.85. The average Bonchev–Trinajstić information content (AvgIpc) is 3.12. The molecule has 0 radical (unpaired) electrons. The van der Waals surface area contributed by atoms with Gasteiger partial charge in [-0.1, -0.05) is 6.92 Å². The van der Waals surface area contributed by atoms with Crippen LogP contribution in [-0.2, 0) is 27.9 Å². The van der Waals surface area contributed by atoms with Crippen molar-refractivity contribution < 1.29 is 68.5 Å². The molecule has 216 valence electrons. The molecular formula is C19H30N3O15P. The van der Waals surface area contributed by atoms with Gasteiger partial charge in [-0.05, 0) is 6.07 Å². The Morgan fingerprint density at radius 2 is 2.00 bits per heavy atom. The number of phosphoric acid groups is 1. The molecule has 19 heteroatoms. The molecule has 2 aliphatic heterocycles. The number of aliphatic hydroxyl groups excluding tert-OH is 6. The number of aliphatic carboxylic acids is 1. The predicted molar refractivity (Wildman–Crippen MR) is 120 cm³/mol. The SMILES string of the molecule is C[C@@H]1C(O)C[C@@](OP(=O)(O)OC[C@H]2O[C@@H](n3ccc(N)nc3=O)[C@@H](O)[C@H]2O)(C(=O)O)OC1[C@H](O)[C@H](O)CO. The molecule has 2 fully saturated rings. The Bertz CT molecular complexity index is 1110. The second kappa shape index (κ2) is 11.6. The van der Waals surface area contributed by atoms with Crippen LogP contribution in [0.2, 0.25) is 0 Å². The highest BCUT2D eigenvalue weighted by atomic mass is 31.2. The number of aliphatic hydroxyl groups is 6. The third-order valence-electron chi connectivity index (χ3n) is 6.30. The van der Waals surface area contributed by atoms with Crippen molar-refractivity contribution in [1.82, 2.24) is 9.55 Å². The smallest absolute Gasteiger partial charge is 0.475 e. The fourth-order valence-corrected chi connectivity index (χ4v) is 5.05. The number of nitrogen functional groups attached to an aromatic ring is 1. The van der Waals surface area contributed by atoms with Crippen molar-refractivity contribution in [3.8, 4) is 0 Å². The lowest BCUT2D eigenvalue weighted by Crippen LogP contribution is -2.61. The van der Waals surface area contributed by atoms with Crippen molar-refractivity contribution in [1.29, 1.82) is 0 Å². The van der Waals surface area contributed by atoms with Gasteiger partial charge in [0.2, 0.25) is 0 Å². The number of anilines is 1. The number of carbonyl (C=O) groups is 1. The first-order chi connectivity index (χ1) is 17.6. The summed E-state index contributed by atoms with van der Waals surface area (Å²) >= 11 is 0. The largest absolute Gasteiger partial charge is 0.477 e. The highest BCUT2D eigenvalue weighted by Crippen LogP contribution is 2.52. The van der Waals surface area contributed by atoms with Gasteiger partial charge in [0.05, 0.1) is 25.4 Å². The molecule has 0 aromatic carbocycles. The Balaban J connectivity index is 1.74. The van der Waals surface area contributed by atoms with Crippen molar-refractivity contribution in [3.05, 3.63) is 22.7 Å². The van der Waals surface area contributed by atoms with E-state index in [1.165, 1.54) is 13.0 Å². The number of nitrogens with zero attached hydrogens (tertiary/aromatic N) is 2. The maximum absolute atomic E-state index is 12.7. The number of hydrogen-bond acceptors (Lipinski definition) is 15. The molecule has 18 nitrogen and oxygen atoms in total. The van der Waals surface area contributed by atoms with Crippen LogP contribution in [0.25, 0.3) is 0 Å². The first-order valence-corrected chi connectivity index (χ1v) is 12.7. The Labute approximate surface area is 214 Å². The summed E-state index contributed by atoms with van der Waals surface area (Å²) in [6.07, 6.45) is -13.2. The summed E-state index contributed by atoms with van der Waals surface area (Å²) in [6.45, 7) is -0.559. The van der Waals surface area contributed by atoms with E-state index in [0.717, 1.165) is 10.8 Å². The zero-order valence-corrected chi connectivity index (χ0v) is 20.7. The molecule has 1 aromatic heterocycles. The minimum absolute atomic E-state index is 0.116. The van der Waals surface area contributed by atoms with E-state index in [9.17, 15) is 49.7 Å². The van der Waals surface area contributed by atoms with Crippen LogP contribution in [0.5, 0.6) is 0 Å². The lowest BCUT2D eigenvalue weighted by molar-refractivity contribution is -0.296. The summed E-state index contributed by atoms with van der Waals surface area (Å²) < 4.78 is 33.7. The number of aromatic nitrogens is 2. The second-order valence-corrected chi connectivity index (χ2v) is 10.3. The van der Waals surface area contributed by atoms with Crippen LogP contribution < -0.4 is 11.4 Å². The van der Waals surface area contributed by atoms with Crippen molar-refractivity contribution in [3.63, 3.8) is 0 Å². The number of ether oxygens (including phenoxy) is 2. The molecule has 3 rings (SSSR count). The second-order valence-electron chi connectivity index (χ2n) is 8.96. The summed E-state index contributed by atoms with van der Waals surface area (Å²) in [4.78, 5) is 37.8. The third-order valence-corrected chi connectivity index (χ3v) is 7.30. The highest BCUT2D eigenvalue weighted by molar-refractivity contribution is 7.47. The van der Waals surface area contributed by atoms with Gasteiger partial charge >= 0.3 is 19.5 Å². The van der Waals surface area contributed by atoms with E-state index >= 15 is 0 Å². The number of carboxylic acid groups (broad SMARTS) is 1. The number of phosphoric ester groups is 1. The van der Waals surface area contributed by atoms with E-state index in [1.54, 1.807) is 0 Å². The molecule has 2 aliphatic rings. The van der Waals surface area contributed by atoms with Gasteiger partial charge < -0.3 is 55.8 Å². The standard InChI is InChI=1S/C19H30N3O15P/c1-7-8(24)4-19(17(29)30,36-15(7)12(26)9(25)5-23)37-38(32,33)34-6-10-13(27)14(28)16(35-10)22-3-2-11(20)21-18(22)31/h2-3,7-10,12-16,23-28H,4-6H2,1H3,(H,29,30)(H,32,33)(H2,20,21,31)/t7-,8?,9-,10-,12-,13+,14+,15?,16-,19-/m1/s1. The van der Waals surface area contributed by atoms with Gasteiger partial charge in [0.1, 0.15) is 36.3 Å². The Hall–Kier alpha value is -2.06. The molecular weight excluding hydrogens is 541 g/mol. The average molecular weight is 571 g/mol. The van der Waals surface area contributed by atoms with Crippen molar-refractivity contribution in [2.75, 3.05) is 18.9 Å². The molecule has 0 saturated carbocycles. The number of rotatable bonds is 10. The molecule has 3 unspecified atom stereocenters. The Kier molecular flexibility index (Phi) is 9.29. The van der Waals surface area contributed by atoms with Gasteiger partial charge in [0.25, 0.3) is 5.79 Å². The van der Waals surface area contributed by atoms with Gasteiger partial charge in [-0.3, -0.25) is 9.09 Å². The van der Waals surface area contributed by atoms with E-state index < -0.39 is 99.8 Å². The molecule has 10 N–H and O–H groups in total. The minimum Gasteiger partial charge on any atom is -0.477 e. The van der Waals surface area contributed by atoms with E-state index in [2.05, 4.69) is 4.98 Å². The lowest BCUT2D eigenvalue weighted by Gasteiger charge is -2.45. The van der Waals surface area contributed by atoms with Crippen molar-refractivity contribution in [2.24, 2.45) is 5.92 Å². The number of nitrogens with two attached hydrogens (primary N) is 1. The zero-order chi connectivity index (χ0) is 28.6. The summed E-state index contributed by atoms with van der Waals surface area (Å²) in [5.74, 6) is -6.15. The molecule has 0 aliphatic carbocycles. The van der Waals surface area contributed by atoms with Crippen LogP contribution in [-0.4, -0.2) is 118 Å². The number of hydrogen-bond donors (Lipinski definition) is 9. The molecule has 11 atom stereocenters. The maximum Gasteiger partial charge on any atom is 0.475 e. The van der Waals surface area contributed by atoms with Crippen LogP contribution >= 0.6 is 7.82 Å². The number of carboxylic acids is 1. The van der Waals surface area contributed by atoms with Crippen LogP contribution in [0.15, 0.2) is 17.1 Å². The van der Waals surface area contributed by atoms with Crippen LogP contribution in [0.3, 0.4) is 0 Å². The fourth-order valence-electron chi connectivity index (χ4n) is 4.10. The first-order valence-electron chi connectivity index (χ1n) is 11.2. The van der Waals surface area contributed by atoms with Crippen LogP contribution in [0.4, 0.5) is 5.82 Å². The molecule has 0 spiro atoms. The molecule has 38 heavy (non-hydrogen) atoms. The van der Waals surface area contributed by atoms with Gasteiger partial charge in [-0.25, -0.2) is 18.7 Å². The molecule has 3 heterocycles. The van der Waals surface area contributed by atoms with E-state index in [-0.39, 0.29) is 5.82 Å². The predicted octanol–water partition coefficient (Wildman–Crippen LogP) is -4.14. The summed E-state index contributed by atoms with van der Waals surface area (Å²) in [6, 6.07) is 1.22. The maximum atomic E-state index is 12.7. The highest BCUT2D eigenvalue weighted by Gasteiger charge is 2.57. The summed E-state index contributed by atoms with van der Waals surface area (Å²) in [5, 5.41) is 69.7. The van der Waals surface area contributed by atoms with Gasteiger partial charge in [-0.15, -0.1) is 0 Å². The van der Waals surface area contributed by atoms with Crippen LogP contribution in [0, 0.1) is 5.92 Å². The van der Waals surface area contributed by atoms with Gasteiger partial charge in [0.15, 0.2) is 6.23 Å². The van der Waals surface area contributed by atoms with Gasteiger partial charge in [-0.2, -0.15) is 4.98 Å². The summed E-state index contributed by atoms with van der Waals surface area (Å²) in [5.41, 5.74) is 4.48. The Morgan fingerprint density at radius 3 is 2.58 bits per heavy atom. The Morgan fingerprint density at radius 1 is 1.34 bits per heavy atom. The molecule has 0 amide bonds. The molecule has 0 bridgehead atoms. The molecule has 2 saturated heterocycles. The van der Waals surface area contributed by atoms with E-state index in [4.69, 9.17) is 29.4 Å². The normalized spacial score (nSPS) is 36.9. The quantitative estimate of drug-likeness (QED) is 0.120. The topological polar surface area (TPSA) is 294 Å². The van der Waals surface area contributed by atoms with Crippen molar-refractivity contribution in [2.45, 2.75) is 68.1 Å². The monoisotopic (exact) mass is 571 g/mol.